The molecule has 0 fully saturated rings. The van der Waals surface area contributed by atoms with Gasteiger partial charge in [0.05, 0.1) is 5.71 Å². The number of halogens is 1. The van der Waals surface area contributed by atoms with Gasteiger partial charge in [-0.2, -0.15) is 0 Å². The van der Waals surface area contributed by atoms with Crippen LogP contribution in [0, 0.1) is 5.41 Å². The third kappa shape index (κ3) is 1.64. The molecule has 0 aliphatic heterocycles. The Hall–Kier alpha value is -1.18. The highest BCUT2D eigenvalue weighted by Crippen LogP contribution is 2.16. The Balaban J connectivity index is 3.10. The molecule has 1 nitrogen and oxygen atoms in total. The normalized spacial score (nSPS) is 16.8. The summed E-state index contributed by atoms with van der Waals surface area (Å²) in [6.07, 6.45) is 4.16. The van der Waals surface area contributed by atoms with Gasteiger partial charge in [0.2, 0.25) is 0 Å². The molecule has 0 bridgehead atoms. The minimum absolute atomic E-state index is 0.280. The molecule has 0 amide bonds. The second kappa shape index (κ2) is 2.82. The van der Waals surface area contributed by atoms with Crippen LogP contribution in [0.5, 0.6) is 0 Å². The molecular formula is C9H10FN. The second-order valence-corrected chi connectivity index (χ2v) is 2.69. The average molecular weight is 151 g/mol. The van der Waals surface area contributed by atoms with Crippen LogP contribution < -0.4 is 0 Å². The van der Waals surface area contributed by atoms with Crippen LogP contribution in [0.25, 0.3) is 0 Å². The highest BCUT2D eigenvalue weighted by molar-refractivity contribution is 6.10. The molecule has 1 aliphatic carbocycles. The summed E-state index contributed by atoms with van der Waals surface area (Å²) < 4.78 is 12.6. The predicted molar refractivity (Wildman–Crippen MR) is 44.4 cm³/mol. The van der Waals surface area contributed by atoms with E-state index < -0.39 is 0 Å². The van der Waals surface area contributed by atoms with Gasteiger partial charge in [-0.25, -0.2) is 4.39 Å². The van der Waals surface area contributed by atoms with Crippen molar-refractivity contribution in [2.75, 3.05) is 0 Å². The molecular weight excluding hydrogens is 141 g/mol. The van der Waals surface area contributed by atoms with Crippen LogP contribution in [-0.2, 0) is 0 Å². The minimum Gasteiger partial charge on any atom is -0.300 e. The summed E-state index contributed by atoms with van der Waals surface area (Å²) in [5.41, 5.74) is 2.03. The first-order chi connectivity index (χ1) is 5.11. The van der Waals surface area contributed by atoms with Crippen molar-refractivity contribution in [2.24, 2.45) is 0 Å². The molecule has 0 aromatic carbocycles. The van der Waals surface area contributed by atoms with Crippen molar-refractivity contribution in [3.8, 4) is 0 Å². The Morgan fingerprint density at radius 2 is 2.00 bits per heavy atom. The molecule has 1 aliphatic rings. The lowest BCUT2D eigenvalue weighted by atomic mass is 10.0. The third-order valence-corrected chi connectivity index (χ3v) is 1.52. The molecule has 0 heterocycles. The first kappa shape index (κ1) is 7.92. The number of hydrogen-bond acceptors (Lipinski definition) is 1. The van der Waals surface area contributed by atoms with E-state index in [0.29, 0.717) is 11.3 Å². The van der Waals surface area contributed by atoms with Crippen molar-refractivity contribution in [3.05, 3.63) is 35.2 Å². The van der Waals surface area contributed by atoms with E-state index in [1.165, 1.54) is 18.2 Å². The van der Waals surface area contributed by atoms with Crippen LogP contribution in [0.4, 0.5) is 4.39 Å². The number of nitrogens with one attached hydrogen (secondary N) is 1. The van der Waals surface area contributed by atoms with Crippen molar-refractivity contribution < 1.29 is 4.39 Å². The Morgan fingerprint density at radius 3 is 2.45 bits per heavy atom. The van der Waals surface area contributed by atoms with Crippen LogP contribution in [0.3, 0.4) is 0 Å². The van der Waals surface area contributed by atoms with Crippen molar-refractivity contribution in [1.82, 2.24) is 0 Å². The van der Waals surface area contributed by atoms with Crippen LogP contribution in [0.2, 0.25) is 0 Å². The Bertz CT molecular complexity index is 278. The molecule has 0 aromatic heterocycles. The van der Waals surface area contributed by atoms with Gasteiger partial charge in [0.15, 0.2) is 0 Å². The predicted octanol–water partition coefficient (Wildman–Crippen LogP) is 2.77. The molecule has 58 valence electrons. The van der Waals surface area contributed by atoms with E-state index in [9.17, 15) is 4.39 Å². The maximum Gasteiger partial charge on any atom is 0.123 e. The van der Waals surface area contributed by atoms with Crippen molar-refractivity contribution in [2.45, 2.75) is 13.8 Å². The summed E-state index contributed by atoms with van der Waals surface area (Å²) in [5, 5.41) is 7.41. The smallest absolute Gasteiger partial charge is 0.123 e. The fourth-order valence-electron chi connectivity index (χ4n) is 0.930. The maximum atomic E-state index is 12.6. The van der Waals surface area contributed by atoms with E-state index >= 15 is 0 Å². The van der Waals surface area contributed by atoms with Gasteiger partial charge in [-0.1, -0.05) is 5.57 Å². The van der Waals surface area contributed by atoms with Gasteiger partial charge in [-0.3, -0.25) is 0 Å². The Morgan fingerprint density at radius 1 is 1.36 bits per heavy atom. The number of allylic oxidation sites excluding steroid dienone is 6. The van der Waals surface area contributed by atoms with Gasteiger partial charge in [0, 0.05) is 5.57 Å². The summed E-state index contributed by atoms with van der Waals surface area (Å²) in [6, 6.07) is 0. The first-order valence-corrected chi connectivity index (χ1v) is 3.43. The molecule has 1 rings (SSSR count). The van der Waals surface area contributed by atoms with Crippen LogP contribution in [0.15, 0.2) is 35.2 Å². The number of hydrogen-bond donors (Lipinski definition) is 1. The van der Waals surface area contributed by atoms with E-state index in [1.54, 1.807) is 0 Å². The highest BCUT2D eigenvalue weighted by atomic mass is 19.1. The monoisotopic (exact) mass is 151 g/mol. The zero-order valence-corrected chi connectivity index (χ0v) is 6.61. The molecule has 0 radical (unpaired) electrons. The zero-order valence-electron chi connectivity index (χ0n) is 6.61. The molecule has 0 saturated heterocycles. The van der Waals surface area contributed by atoms with Gasteiger partial charge in [-0.05, 0) is 32.1 Å². The van der Waals surface area contributed by atoms with Crippen molar-refractivity contribution >= 4 is 5.71 Å². The lowest BCUT2D eigenvalue weighted by molar-refractivity contribution is 0.665. The molecule has 1 N–H and O–H groups in total. The third-order valence-electron chi connectivity index (χ3n) is 1.52. The Labute approximate surface area is 65.4 Å². The van der Waals surface area contributed by atoms with E-state index in [4.69, 9.17) is 5.41 Å². The topological polar surface area (TPSA) is 23.9 Å². The average Bonchev–Trinajstić information content (AvgIpc) is 1.94. The molecule has 0 aromatic rings. The number of rotatable bonds is 0. The SMILES string of the molecule is CC(C)=C1C=C(F)C=CC1=N. The Kier molecular flexibility index (Phi) is 2.03. The molecule has 0 unspecified atom stereocenters. The summed E-state index contributed by atoms with van der Waals surface area (Å²) in [4.78, 5) is 0. The van der Waals surface area contributed by atoms with E-state index in [2.05, 4.69) is 0 Å². The molecule has 0 spiro atoms. The summed E-state index contributed by atoms with van der Waals surface area (Å²) in [6.45, 7) is 3.74. The van der Waals surface area contributed by atoms with E-state index in [0.717, 1.165) is 5.57 Å². The van der Waals surface area contributed by atoms with Gasteiger partial charge in [0.25, 0.3) is 0 Å². The zero-order chi connectivity index (χ0) is 8.43. The van der Waals surface area contributed by atoms with Gasteiger partial charge in [0.1, 0.15) is 5.83 Å². The fourth-order valence-corrected chi connectivity index (χ4v) is 0.930. The van der Waals surface area contributed by atoms with Gasteiger partial charge >= 0.3 is 0 Å². The van der Waals surface area contributed by atoms with Crippen molar-refractivity contribution in [1.29, 1.82) is 5.41 Å². The largest absolute Gasteiger partial charge is 0.300 e. The van der Waals surface area contributed by atoms with E-state index in [-0.39, 0.29) is 5.83 Å². The first-order valence-electron chi connectivity index (χ1n) is 3.43. The lowest BCUT2D eigenvalue weighted by Crippen LogP contribution is -2.00. The highest BCUT2D eigenvalue weighted by Gasteiger charge is 2.06. The van der Waals surface area contributed by atoms with Crippen LogP contribution >= 0.6 is 0 Å². The van der Waals surface area contributed by atoms with Crippen molar-refractivity contribution in [3.63, 3.8) is 0 Å². The maximum absolute atomic E-state index is 12.6. The fraction of sp³-hybridized carbons (Fsp3) is 0.222. The molecule has 0 atom stereocenters. The summed E-state index contributed by atoms with van der Waals surface area (Å²) in [7, 11) is 0. The van der Waals surface area contributed by atoms with Crippen LogP contribution in [0.1, 0.15) is 13.8 Å². The summed E-state index contributed by atoms with van der Waals surface area (Å²) in [5.74, 6) is -0.280. The molecule has 0 saturated carbocycles. The lowest BCUT2D eigenvalue weighted by Gasteiger charge is -2.06. The second-order valence-electron chi connectivity index (χ2n) is 2.69. The quantitative estimate of drug-likeness (QED) is 0.550. The molecule has 11 heavy (non-hydrogen) atoms. The molecule has 2 heteroatoms. The minimum atomic E-state index is -0.280. The standard InChI is InChI=1S/C9H10FN/c1-6(2)8-5-7(10)3-4-9(8)11/h3-5,11H,1-2H3. The summed E-state index contributed by atoms with van der Waals surface area (Å²) >= 11 is 0. The van der Waals surface area contributed by atoms with Crippen LogP contribution in [-0.4, -0.2) is 5.71 Å². The van der Waals surface area contributed by atoms with Gasteiger partial charge in [-0.15, -0.1) is 0 Å². The van der Waals surface area contributed by atoms with Gasteiger partial charge < -0.3 is 5.41 Å². The van der Waals surface area contributed by atoms with E-state index in [1.807, 2.05) is 13.8 Å².